The van der Waals surface area contributed by atoms with Crippen LogP contribution in [0.25, 0.3) is 11.0 Å². The standard InChI is InChI=1S/C21H26N4/c1-13-5-6-16(9-14(13)2)24-17-11-19-18-10-15(22-3)7-8-20(18)25(4)21(19)23-12-17/h5-6,9,11-12,15,22,24H,7-8,10H2,1-4H3. The Morgan fingerprint density at radius 3 is 2.72 bits per heavy atom. The topological polar surface area (TPSA) is 41.9 Å². The molecule has 4 nitrogen and oxygen atoms in total. The van der Waals surface area contributed by atoms with Crippen molar-refractivity contribution in [2.75, 3.05) is 12.4 Å². The fourth-order valence-corrected chi connectivity index (χ4v) is 3.94. The lowest BCUT2D eigenvalue weighted by molar-refractivity contribution is 0.488. The molecule has 0 saturated heterocycles. The number of anilines is 2. The first-order valence-corrected chi connectivity index (χ1v) is 9.04. The zero-order valence-corrected chi connectivity index (χ0v) is 15.5. The number of aromatic nitrogens is 2. The highest BCUT2D eigenvalue weighted by molar-refractivity contribution is 5.86. The molecule has 0 spiro atoms. The number of rotatable bonds is 3. The third-order valence-electron chi connectivity index (χ3n) is 5.65. The van der Waals surface area contributed by atoms with Crippen molar-refractivity contribution in [1.29, 1.82) is 0 Å². The van der Waals surface area contributed by atoms with E-state index in [2.05, 4.69) is 67.4 Å². The first kappa shape index (κ1) is 16.2. The van der Waals surface area contributed by atoms with E-state index in [9.17, 15) is 0 Å². The van der Waals surface area contributed by atoms with Crippen LogP contribution in [0.2, 0.25) is 0 Å². The minimum absolute atomic E-state index is 0.564. The van der Waals surface area contributed by atoms with Crippen molar-refractivity contribution in [3.05, 3.63) is 52.8 Å². The van der Waals surface area contributed by atoms with E-state index in [0.29, 0.717) is 6.04 Å². The quantitative estimate of drug-likeness (QED) is 0.760. The molecule has 0 bridgehead atoms. The largest absolute Gasteiger partial charge is 0.354 e. The van der Waals surface area contributed by atoms with Crippen LogP contribution in [0.1, 0.15) is 28.8 Å². The van der Waals surface area contributed by atoms with Gasteiger partial charge in [0.1, 0.15) is 5.65 Å². The number of likely N-dealkylation sites (N-methyl/N-ethyl adjacent to an activating group) is 1. The molecule has 0 fully saturated rings. The summed E-state index contributed by atoms with van der Waals surface area (Å²) < 4.78 is 2.27. The maximum absolute atomic E-state index is 4.75. The molecular weight excluding hydrogens is 308 g/mol. The number of benzene rings is 1. The van der Waals surface area contributed by atoms with E-state index in [4.69, 9.17) is 4.98 Å². The highest BCUT2D eigenvalue weighted by Crippen LogP contribution is 2.32. The molecule has 4 heteroatoms. The molecule has 2 N–H and O–H groups in total. The van der Waals surface area contributed by atoms with Crippen LogP contribution in [0.5, 0.6) is 0 Å². The first-order chi connectivity index (χ1) is 12.1. The summed E-state index contributed by atoms with van der Waals surface area (Å²) in [6, 6.07) is 9.30. The molecule has 1 aliphatic rings. The van der Waals surface area contributed by atoms with Crippen molar-refractivity contribution in [3.63, 3.8) is 0 Å². The zero-order valence-electron chi connectivity index (χ0n) is 15.5. The Bertz CT molecular complexity index is 939. The van der Waals surface area contributed by atoms with Gasteiger partial charge in [-0.3, -0.25) is 0 Å². The Morgan fingerprint density at radius 2 is 1.96 bits per heavy atom. The van der Waals surface area contributed by atoms with Crippen molar-refractivity contribution in [2.45, 2.75) is 39.2 Å². The predicted molar refractivity (Wildman–Crippen MR) is 105 cm³/mol. The minimum atomic E-state index is 0.564. The smallest absolute Gasteiger partial charge is 0.140 e. The second-order valence-electron chi connectivity index (χ2n) is 7.23. The van der Waals surface area contributed by atoms with Gasteiger partial charge in [0.15, 0.2) is 0 Å². The molecule has 3 aromatic rings. The summed E-state index contributed by atoms with van der Waals surface area (Å²) in [5, 5.41) is 8.24. The monoisotopic (exact) mass is 334 g/mol. The maximum Gasteiger partial charge on any atom is 0.140 e. The lowest BCUT2D eigenvalue weighted by Crippen LogP contribution is -2.31. The zero-order chi connectivity index (χ0) is 17.6. The molecular formula is C21H26N4. The summed E-state index contributed by atoms with van der Waals surface area (Å²) in [6.07, 6.45) is 5.34. The van der Waals surface area contributed by atoms with Crippen LogP contribution in [-0.4, -0.2) is 22.6 Å². The fraction of sp³-hybridized carbons (Fsp3) is 0.381. The van der Waals surface area contributed by atoms with E-state index >= 15 is 0 Å². The van der Waals surface area contributed by atoms with Gasteiger partial charge in [0, 0.05) is 29.9 Å². The second-order valence-corrected chi connectivity index (χ2v) is 7.23. The van der Waals surface area contributed by atoms with E-state index in [1.165, 1.54) is 34.2 Å². The van der Waals surface area contributed by atoms with Gasteiger partial charge in [-0.2, -0.15) is 0 Å². The van der Waals surface area contributed by atoms with Gasteiger partial charge in [0.2, 0.25) is 0 Å². The van der Waals surface area contributed by atoms with Crippen LogP contribution < -0.4 is 10.6 Å². The van der Waals surface area contributed by atoms with Gasteiger partial charge in [-0.1, -0.05) is 6.07 Å². The van der Waals surface area contributed by atoms with Crippen molar-refractivity contribution in [2.24, 2.45) is 7.05 Å². The van der Waals surface area contributed by atoms with Gasteiger partial charge in [-0.25, -0.2) is 4.98 Å². The number of nitrogens with zero attached hydrogens (tertiary/aromatic N) is 2. The Kier molecular flexibility index (Phi) is 4.00. The van der Waals surface area contributed by atoms with Crippen LogP contribution in [0.15, 0.2) is 30.5 Å². The van der Waals surface area contributed by atoms with Crippen LogP contribution in [0.3, 0.4) is 0 Å². The molecule has 1 aliphatic carbocycles. The average Bonchev–Trinajstić information content (AvgIpc) is 2.90. The summed E-state index contributed by atoms with van der Waals surface area (Å²) in [6.45, 7) is 4.29. The molecule has 130 valence electrons. The van der Waals surface area contributed by atoms with E-state index in [-0.39, 0.29) is 0 Å². The number of nitrogens with one attached hydrogen (secondary N) is 2. The molecule has 1 aromatic carbocycles. The lowest BCUT2D eigenvalue weighted by atomic mass is 9.92. The Balaban J connectivity index is 1.73. The lowest BCUT2D eigenvalue weighted by Gasteiger charge is -2.22. The van der Waals surface area contributed by atoms with Gasteiger partial charge < -0.3 is 15.2 Å². The number of pyridine rings is 1. The normalized spacial score (nSPS) is 16.9. The first-order valence-electron chi connectivity index (χ1n) is 9.04. The van der Waals surface area contributed by atoms with E-state index < -0.39 is 0 Å². The van der Waals surface area contributed by atoms with Gasteiger partial charge in [0.25, 0.3) is 0 Å². The summed E-state index contributed by atoms with van der Waals surface area (Å²) in [7, 11) is 4.20. The van der Waals surface area contributed by atoms with Crippen LogP contribution in [-0.2, 0) is 19.9 Å². The van der Waals surface area contributed by atoms with E-state index in [1.54, 1.807) is 0 Å². The van der Waals surface area contributed by atoms with Gasteiger partial charge >= 0.3 is 0 Å². The van der Waals surface area contributed by atoms with Crippen molar-refractivity contribution >= 4 is 22.4 Å². The number of hydrogen-bond donors (Lipinski definition) is 2. The highest BCUT2D eigenvalue weighted by Gasteiger charge is 2.24. The molecule has 2 aromatic heterocycles. The summed E-state index contributed by atoms with van der Waals surface area (Å²) in [4.78, 5) is 4.75. The Labute approximate surface area is 149 Å². The van der Waals surface area contributed by atoms with Crippen molar-refractivity contribution < 1.29 is 0 Å². The van der Waals surface area contributed by atoms with E-state index in [1.807, 2.05) is 6.20 Å². The molecule has 25 heavy (non-hydrogen) atoms. The molecule has 0 radical (unpaired) electrons. The number of fused-ring (bicyclic) bond motifs is 3. The van der Waals surface area contributed by atoms with Crippen molar-refractivity contribution in [3.8, 4) is 0 Å². The molecule has 1 unspecified atom stereocenters. The highest BCUT2D eigenvalue weighted by atomic mass is 15.0. The number of hydrogen-bond acceptors (Lipinski definition) is 3. The molecule has 4 rings (SSSR count). The molecule has 0 saturated carbocycles. The minimum Gasteiger partial charge on any atom is -0.354 e. The molecule has 0 amide bonds. The van der Waals surface area contributed by atoms with Gasteiger partial charge in [0.05, 0.1) is 11.9 Å². The third kappa shape index (κ3) is 2.81. The molecule has 0 aliphatic heterocycles. The van der Waals surface area contributed by atoms with Gasteiger partial charge in [-0.05, 0) is 75.0 Å². The van der Waals surface area contributed by atoms with Crippen LogP contribution in [0.4, 0.5) is 11.4 Å². The summed E-state index contributed by atoms with van der Waals surface area (Å²) in [5.41, 5.74) is 8.77. The fourth-order valence-electron chi connectivity index (χ4n) is 3.94. The third-order valence-corrected chi connectivity index (χ3v) is 5.65. The SMILES string of the molecule is CNC1CCc2c(c3cc(Nc4ccc(C)c(C)c4)cnc3n2C)C1. The van der Waals surface area contributed by atoms with Crippen LogP contribution >= 0.6 is 0 Å². The summed E-state index contributed by atoms with van der Waals surface area (Å²) in [5.74, 6) is 0. The maximum atomic E-state index is 4.75. The molecule has 1 atom stereocenters. The Hall–Kier alpha value is -2.33. The second kappa shape index (κ2) is 6.19. The molecule has 2 heterocycles. The van der Waals surface area contributed by atoms with Crippen molar-refractivity contribution in [1.82, 2.24) is 14.9 Å². The van der Waals surface area contributed by atoms with E-state index in [0.717, 1.165) is 29.9 Å². The van der Waals surface area contributed by atoms with Crippen LogP contribution in [0, 0.1) is 13.8 Å². The summed E-state index contributed by atoms with van der Waals surface area (Å²) >= 11 is 0. The van der Waals surface area contributed by atoms with Gasteiger partial charge in [-0.15, -0.1) is 0 Å². The predicted octanol–water partition coefficient (Wildman–Crippen LogP) is 4.01. The average molecular weight is 334 g/mol. The number of aryl methyl sites for hydroxylation is 3. The Morgan fingerprint density at radius 1 is 1.12 bits per heavy atom.